The maximum Gasteiger partial charge on any atom is 0.233 e. The molecule has 5 nitrogen and oxygen atoms in total. The highest BCUT2D eigenvalue weighted by Gasteiger charge is 2.22. The average molecular weight is 473 g/mol. The highest BCUT2D eigenvalue weighted by atomic mass is 32.2. The van der Waals surface area contributed by atoms with E-state index >= 15 is 0 Å². The molecule has 1 fully saturated rings. The van der Waals surface area contributed by atoms with Crippen LogP contribution in [0, 0.1) is 5.82 Å². The highest BCUT2D eigenvalue weighted by Crippen LogP contribution is 2.25. The summed E-state index contributed by atoms with van der Waals surface area (Å²) < 4.78 is 13.2. The van der Waals surface area contributed by atoms with Crippen LogP contribution in [0.25, 0.3) is 11.0 Å². The molecule has 0 unspecified atom stereocenters. The van der Waals surface area contributed by atoms with Crippen molar-refractivity contribution in [1.82, 2.24) is 14.9 Å². The first-order chi connectivity index (χ1) is 16.7. The van der Waals surface area contributed by atoms with Gasteiger partial charge in [0.15, 0.2) is 0 Å². The number of para-hydroxylation sites is 2. The van der Waals surface area contributed by atoms with Gasteiger partial charge in [0.25, 0.3) is 0 Å². The minimum atomic E-state index is -0.238. The molecule has 7 heteroatoms. The fourth-order valence-corrected chi connectivity index (χ4v) is 5.02. The maximum absolute atomic E-state index is 13.2. The number of nitrogens with zero attached hydrogens (tertiary/aromatic N) is 4. The van der Waals surface area contributed by atoms with Gasteiger partial charge in [0.1, 0.15) is 10.8 Å². The van der Waals surface area contributed by atoms with E-state index < -0.39 is 0 Å². The van der Waals surface area contributed by atoms with Crippen LogP contribution in [0.4, 0.5) is 10.1 Å². The summed E-state index contributed by atoms with van der Waals surface area (Å²) in [5.74, 6) is 0.188. The Morgan fingerprint density at radius 1 is 0.824 bits per heavy atom. The van der Waals surface area contributed by atoms with E-state index in [1.807, 2.05) is 47.4 Å². The fourth-order valence-electron chi connectivity index (χ4n) is 4.13. The molecular weight excluding hydrogens is 447 g/mol. The molecule has 0 aliphatic carbocycles. The SMILES string of the molecule is O=C(CSc1nc2ccccc2nc1Cc1ccccc1)N1CCN(c2ccc(F)cc2)CC1. The third-order valence-electron chi connectivity index (χ3n) is 5.98. The van der Waals surface area contributed by atoms with Gasteiger partial charge in [-0.3, -0.25) is 4.79 Å². The molecule has 0 spiro atoms. The highest BCUT2D eigenvalue weighted by molar-refractivity contribution is 7.99. The van der Waals surface area contributed by atoms with Crippen molar-refractivity contribution in [2.75, 3.05) is 36.8 Å². The molecule has 0 radical (unpaired) electrons. The van der Waals surface area contributed by atoms with Crippen LogP contribution in [-0.2, 0) is 11.2 Å². The molecule has 0 atom stereocenters. The number of thioether (sulfide) groups is 1. The third kappa shape index (κ3) is 5.20. The summed E-state index contributed by atoms with van der Waals surface area (Å²) in [6.45, 7) is 2.77. The Hall–Kier alpha value is -3.45. The summed E-state index contributed by atoms with van der Waals surface area (Å²) in [4.78, 5) is 26.8. The normalized spacial score (nSPS) is 13.9. The summed E-state index contributed by atoms with van der Waals surface area (Å²) >= 11 is 1.46. The summed E-state index contributed by atoms with van der Waals surface area (Å²) in [5.41, 5.74) is 4.74. The topological polar surface area (TPSA) is 49.3 Å². The van der Waals surface area contributed by atoms with Crippen LogP contribution in [-0.4, -0.2) is 52.7 Å². The van der Waals surface area contributed by atoms with E-state index in [1.54, 1.807) is 12.1 Å². The average Bonchev–Trinajstić information content (AvgIpc) is 2.88. The first kappa shape index (κ1) is 22.3. The minimum Gasteiger partial charge on any atom is -0.368 e. The number of anilines is 1. The Morgan fingerprint density at radius 2 is 1.47 bits per heavy atom. The van der Waals surface area contributed by atoms with Crippen LogP contribution in [0.3, 0.4) is 0 Å². The van der Waals surface area contributed by atoms with Crippen LogP contribution in [0.15, 0.2) is 83.9 Å². The van der Waals surface area contributed by atoms with Crippen molar-refractivity contribution in [1.29, 1.82) is 0 Å². The van der Waals surface area contributed by atoms with E-state index in [9.17, 15) is 9.18 Å². The maximum atomic E-state index is 13.2. The monoisotopic (exact) mass is 472 g/mol. The quantitative estimate of drug-likeness (QED) is 0.377. The number of piperazine rings is 1. The molecule has 3 aromatic carbocycles. The van der Waals surface area contributed by atoms with Gasteiger partial charge in [-0.2, -0.15) is 0 Å². The van der Waals surface area contributed by atoms with E-state index in [2.05, 4.69) is 17.0 Å². The number of benzene rings is 3. The third-order valence-corrected chi connectivity index (χ3v) is 6.97. The molecule has 4 aromatic rings. The standard InChI is InChI=1S/C27H25FN4OS/c28-21-10-12-22(13-11-21)31-14-16-32(17-15-31)26(33)19-34-27-25(18-20-6-2-1-3-7-20)29-23-8-4-5-9-24(23)30-27/h1-13H,14-19H2. The van der Waals surface area contributed by atoms with E-state index in [4.69, 9.17) is 9.97 Å². The molecule has 5 rings (SSSR count). The minimum absolute atomic E-state index is 0.101. The number of carbonyl (C=O) groups is 1. The van der Waals surface area contributed by atoms with E-state index in [0.717, 1.165) is 46.1 Å². The second-order valence-corrected chi connectivity index (χ2v) is 9.22. The van der Waals surface area contributed by atoms with Crippen molar-refractivity contribution in [2.24, 2.45) is 0 Å². The lowest BCUT2D eigenvalue weighted by Gasteiger charge is -2.36. The van der Waals surface area contributed by atoms with Gasteiger partial charge < -0.3 is 9.80 Å². The zero-order chi connectivity index (χ0) is 23.3. The molecule has 0 bridgehead atoms. The smallest absolute Gasteiger partial charge is 0.233 e. The van der Waals surface area contributed by atoms with Gasteiger partial charge >= 0.3 is 0 Å². The summed E-state index contributed by atoms with van der Waals surface area (Å²) in [7, 11) is 0. The fraction of sp³-hybridized carbons (Fsp3) is 0.222. The molecular formula is C27H25FN4OS. The number of aromatic nitrogens is 2. The van der Waals surface area contributed by atoms with Crippen molar-refractivity contribution in [3.8, 4) is 0 Å². The Bertz CT molecular complexity index is 1280. The number of hydrogen-bond donors (Lipinski definition) is 0. The Kier molecular flexibility index (Phi) is 6.72. The molecule has 0 N–H and O–H groups in total. The number of carbonyl (C=O) groups excluding carboxylic acids is 1. The van der Waals surface area contributed by atoms with Gasteiger partial charge in [-0.05, 0) is 42.0 Å². The lowest BCUT2D eigenvalue weighted by Crippen LogP contribution is -2.49. The molecule has 1 saturated heterocycles. The Balaban J connectivity index is 1.25. The largest absolute Gasteiger partial charge is 0.368 e. The van der Waals surface area contributed by atoms with Crippen molar-refractivity contribution in [3.05, 3.63) is 95.9 Å². The van der Waals surface area contributed by atoms with Crippen LogP contribution >= 0.6 is 11.8 Å². The van der Waals surface area contributed by atoms with Crippen LogP contribution < -0.4 is 4.90 Å². The zero-order valence-corrected chi connectivity index (χ0v) is 19.5. The van der Waals surface area contributed by atoms with Gasteiger partial charge in [0.05, 0.1) is 22.5 Å². The molecule has 2 heterocycles. The molecule has 1 aliphatic heterocycles. The Labute approximate surface area is 202 Å². The van der Waals surface area contributed by atoms with Crippen LogP contribution in [0.1, 0.15) is 11.3 Å². The lowest BCUT2D eigenvalue weighted by molar-refractivity contribution is -0.128. The summed E-state index contributed by atoms with van der Waals surface area (Å²) in [5, 5.41) is 0.806. The molecule has 0 saturated carbocycles. The lowest BCUT2D eigenvalue weighted by atomic mass is 10.1. The zero-order valence-electron chi connectivity index (χ0n) is 18.7. The number of rotatable bonds is 6. The molecule has 1 amide bonds. The number of fused-ring (bicyclic) bond motifs is 1. The Morgan fingerprint density at radius 3 is 2.18 bits per heavy atom. The first-order valence-electron chi connectivity index (χ1n) is 11.4. The van der Waals surface area contributed by atoms with Gasteiger partial charge in [-0.25, -0.2) is 14.4 Å². The van der Waals surface area contributed by atoms with Crippen molar-refractivity contribution >= 4 is 34.4 Å². The van der Waals surface area contributed by atoms with Crippen LogP contribution in [0.5, 0.6) is 0 Å². The van der Waals surface area contributed by atoms with Gasteiger partial charge in [0.2, 0.25) is 5.91 Å². The second-order valence-electron chi connectivity index (χ2n) is 8.26. The van der Waals surface area contributed by atoms with Crippen LogP contribution in [0.2, 0.25) is 0 Å². The number of halogens is 1. The van der Waals surface area contributed by atoms with Gasteiger partial charge in [-0.1, -0.05) is 54.2 Å². The number of amides is 1. The molecule has 1 aliphatic rings. The van der Waals surface area contributed by atoms with E-state index in [0.29, 0.717) is 25.3 Å². The van der Waals surface area contributed by atoms with Crippen molar-refractivity contribution < 1.29 is 9.18 Å². The molecule has 1 aromatic heterocycles. The van der Waals surface area contributed by atoms with Crippen molar-refractivity contribution in [2.45, 2.75) is 11.4 Å². The predicted octanol–water partition coefficient (Wildman–Crippen LogP) is 4.80. The van der Waals surface area contributed by atoms with Crippen molar-refractivity contribution in [3.63, 3.8) is 0 Å². The number of hydrogen-bond acceptors (Lipinski definition) is 5. The van der Waals surface area contributed by atoms with Gasteiger partial charge in [-0.15, -0.1) is 0 Å². The molecule has 34 heavy (non-hydrogen) atoms. The van der Waals surface area contributed by atoms with Gasteiger partial charge in [0, 0.05) is 38.3 Å². The predicted molar refractivity (Wildman–Crippen MR) is 135 cm³/mol. The second kappa shape index (κ2) is 10.2. The van der Waals surface area contributed by atoms with E-state index in [-0.39, 0.29) is 11.7 Å². The summed E-state index contributed by atoms with van der Waals surface area (Å²) in [6.07, 6.45) is 0.672. The first-order valence-corrected chi connectivity index (χ1v) is 12.3. The molecule has 172 valence electrons. The summed E-state index contributed by atoms with van der Waals surface area (Å²) in [6, 6.07) is 24.6. The van der Waals surface area contributed by atoms with E-state index in [1.165, 1.54) is 23.9 Å².